The molecule has 0 radical (unpaired) electrons. The Balaban J connectivity index is 1.54. The summed E-state index contributed by atoms with van der Waals surface area (Å²) >= 11 is 0. The van der Waals surface area contributed by atoms with Crippen LogP contribution in [0.4, 0.5) is 5.82 Å². The van der Waals surface area contributed by atoms with Crippen LogP contribution >= 0.6 is 0 Å². The Morgan fingerprint density at radius 3 is 2.41 bits per heavy atom. The zero-order valence-corrected chi connectivity index (χ0v) is 21.6. The Morgan fingerprint density at radius 2 is 1.69 bits per heavy atom. The summed E-state index contributed by atoms with van der Waals surface area (Å²) in [5.74, 6) is -1.92. The largest absolute Gasteiger partial charge is 0.480 e. The molecule has 1 fully saturated rings. The van der Waals surface area contributed by atoms with Gasteiger partial charge >= 0.3 is 11.9 Å². The molecule has 16 heteroatoms. The summed E-state index contributed by atoms with van der Waals surface area (Å²) in [6.45, 7) is 1.83. The highest BCUT2D eigenvalue weighted by Gasteiger charge is 2.45. The number of aliphatic carboxylic acids is 2. The lowest BCUT2D eigenvalue weighted by Gasteiger charge is -2.24. The van der Waals surface area contributed by atoms with E-state index in [0.717, 1.165) is 6.42 Å². The number of hydrogen-bond donors (Lipinski definition) is 9. The lowest BCUT2D eigenvalue weighted by molar-refractivity contribution is -0.139. The number of anilines is 1. The molecule has 1 saturated heterocycles. The Labute approximate surface area is 224 Å². The fourth-order valence-corrected chi connectivity index (χ4v) is 4.53. The van der Waals surface area contributed by atoms with Crippen LogP contribution in [0.15, 0.2) is 12.7 Å². The number of hydrogen-bond acceptors (Lipinski definition) is 13. The van der Waals surface area contributed by atoms with Crippen LogP contribution in [0.3, 0.4) is 0 Å². The molecule has 0 aliphatic carbocycles. The second-order valence-electron chi connectivity index (χ2n) is 9.73. The number of carboxylic acid groups (broad SMARTS) is 2. The molecule has 0 spiro atoms. The number of aliphatic hydroxyl groups is 2. The van der Waals surface area contributed by atoms with Crippen molar-refractivity contribution in [3.8, 4) is 0 Å². The standard InChI is InChI=1S/C23H39N9O7/c24-13(22(35)36)3-1-2-6-27-7-8-28-12(4-5-14(25)23(37)38)9-15-17(33)18(34)21(39-15)32-11-31-16-19(26)29-10-30-20(16)32/h10-15,17-18,21,27-28,33-34H,1-9,24-25H2,(H,35,36)(H,37,38)(H2,26,29,30)/t12-,13-,14-,15+,17+,18+,21+/m0/s1. The van der Waals surface area contributed by atoms with Gasteiger partial charge in [0.15, 0.2) is 17.7 Å². The topological polar surface area (TPSA) is 270 Å². The van der Waals surface area contributed by atoms with Crippen molar-refractivity contribution in [2.45, 2.75) is 81.2 Å². The smallest absolute Gasteiger partial charge is 0.320 e. The number of nitrogens with two attached hydrogens (primary N) is 3. The molecule has 218 valence electrons. The van der Waals surface area contributed by atoms with Gasteiger partial charge in [0, 0.05) is 19.1 Å². The Morgan fingerprint density at radius 1 is 0.974 bits per heavy atom. The number of nitrogens with zero attached hydrogens (tertiary/aromatic N) is 4. The summed E-state index contributed by atoms with van der Waals surface area (Å²) in [5.41, 5.74) is 17.8. The second-order valence-corrected chi connectivity index (χ2v) is 9.73. The van der Waals surface area contributed by atoms with Crippen molar-refractivity contribution in [3.05, 3.63) is 12.7 Å². The monoisotopic (exact) mass is 553 g/mol. The summed E-state index contributed by atoms with van der Waals surface area (Å²) in [4.78, 5) is 34.2. The number of rotatable bonds is 17. The number of aromatic nitrogens is 4. The average Bonchev–Trinajstić information content (AvgIpc) is 3.45. The summed E-state index contributed by atoms with van der Waals surface area (Å²) in [5, 5.41) is 46.1. The fraction of sp³-hybridized carbons (Fsp3) is 0.696. The zero-order chi connectivity index (χ0) is 28.5. The van der Waals surface area contributed by atoms with E-state index >= 15 is 0 Å². The molecule has 2 aromatic heterocycles. The van der Waals surface area contributed by atoms with Crippen LogP contribution in [0.25, 0.3) is 11.2 Å². The minimum Gasteiger partial charge on any atom is -0.480 e. The predicted octanol–water partition coefficient (Wildman–Crippen LogP) is -2.26. The molecular formula is C23H39N9O7. The third-order valence-electron chi connectivity index (χ3n) is 6.83. The van der Waals surface area contributed by atoms with Gasteiger partial charge in [-0.2, -0.15) is 0 Å². The van der Waals surface area contributed by atoms with Crippen molar-refractivity contribution in [2.75, 3.05) is 25.4 Å². The molecule has 3 heterocycles. The van der Waals surface area contributed by atoms with Crippen molar-refractivity contribution >= 4 is 28.9 Å². The summed E-state index contributed by atoms with van der Waals surface area (Å²) in [6.07, 6.45) is 1.29. The van der Waals surface area contributed by atoms with E-state index in [9.17, 15) is 19.8 Å². The lowest BCUT2D eigenvalue weighted by atomic mass is 9.98. The van der Waals surface area contributed by atoms with Gasteiger partial charge in [-0.1, -0.05) is 6.42 Å². The summed E-state index contributed by atoms with van der Waals surface area (Å²) in [6, 6.07) is -2.14. The molecule has 0 aromatic carbocycles. The molecule has 0 bridgehead atoms. The number of unbranched alkanes of at least 4 members (excludes halogenated alkanes) is 1. The van der Waals surface area contributed by atoms with Gasteiger partial charge < -0.3 is 53.0 Å². The second kappa shape index (κ2) is 14.4. The Hall–Kier alpha value is -2.99. The van der Waals surface area contributed by atoms with Crippen molar-refractivity contribution in [3.63, 3.8) is 0 Å². The number of fused-ring (bicyclic) bond motifs is 1. The quantitative estimate of drug-likeness (QED) is 0.0935. The number of carboxylic acids is 2. The molecule has 1 aliphatic rings. The van der Waals surface area contributed by atoms with Gasteiger partial charge in [0.05, 0.1) is 12.4 Å². The first-order valence-electron chi connectivity index (χ1n) is 13.0. The van der Waals surface area contributed by atoms with Crippen LogP contribution in [0.2, 0.25) is 0 Å². The fourth-order valence-electron chi connectivity index (χ4n) is 4.53. The molecule has 3 rings (SSSR count). The van der Waals surface area contributed by atoms with Gasteiger partial charge in [-0.3, -0.25) is 14.2 Å². The van der Waals surface area contributed by atoms with E-state index in [2.05, 4.69) is 25.6 Å². The van der Waals surface area contributed by atoms with Gasteiger partial charge in [-0.05, 0) is 38.6 Å². The molecule has 16 nitrogen and oxygen atoms in total. The van der Waals surface area contributed by atoms with Crippen LogP contribution in [0.1, 0.15) is 44.8 Å². The van der Waals surface area contributed by atoms with E-state index in [0.29, 0.717) is 50.1 Å². The van der Waals surface area contributed by atoms with Crippen molar-refractivity contribution in [1.29, 1.82) is 0 Å². The number of ether oxygens (including phenoxy) is 1. The first-order chi connectivity index (χ1) is 18.6. The minimum atomic E-state index is -1.26. The van der Waals surface area contributed by atoms with Gasteiger partial charge in [0.1, 0.15) is 36.1 Å². The van der Waals surface area contributed by atoms with E-state index in [-0.39, 0.29) is 24.7 Å². The van der Waals surface area contributed by atoms with E-state index in [1.807, 2.05) is 0 Å². The van der Waals surface area contributed by atoms with Crippen LogP contribution in [-0.4, -0.2) is 108 Å². The minimum absolute atomic E-state index is 0.180. The molecule has 7 atom stereocenters. The van der Waals surface area contributed by atoms with Crippen LogP contribution in [0, 0.1) is 0 Å². The first kappa shape index (κ1) is 30.6. The average molecular weight is 554 g/mol. The highest BCUT2D eigenvalue weighted by atomic mass is 16.6. The summed E-state index contributed by atoms with van der Waals surface area (Å²) in [7, 11) is 0. The lowest BCUT2D eigenvalue weighted by Crippen LogP contribution is -2.42. The van der Waals surface area contributed by atoms with E-state index in [1.165, 1.54) is 17.2 Å². The maximum atomic E-state index is 11.2. The van der Waals surface area contributed by atoms with Gasteiger partial charge in [0.25, 0.3) is 0 Å². The first-order valence-corrected chi connectivity index (χ1v) is 13.0. The number of aliphatic hydroxyl groups excluding tert-OH is 2. The van der Waals surface area contributed by atoms with E-state index in [1.54, 1.807) is 0 Å². The van der Waals surface area contributed by atoms with Crippen LogP contribution in [0.5, 0.6) is 0 Å². The third kappa shape index (κ3) is 8.25. The van der Waals surface area contributed by atoms with Gasteiger partial charge in [-0.25, -0.2) is 15.0 Å². The normalized spacial score (nSPS) is 23.6. The van der Waals surface area contributed by atoms with E-state index in [4.69, 9.17) is 32.2 Å². The van der Waals surface area contributed by atoms with Gasteiger partial charge in [-0.15, -0.1) is 0 Å². The SMILES string of the molecule is Nc1ncnc2c1ncn2[C@@H]1O[C@H](C[C@H](CC[C@H](N)C(=O)O)NCCNCCCC[C@H](N)C(=O)O)[C@@H](O)[C@H]1O. The summed E-state index contributed by atoms with van der Waals surface area (Å²) < 4.78 is 7.53. The Bertz CT molecular complexity index is 1090. The molecular weight excluding hydrogens is 514 g/mol. The number of imidazole rings is 1. The third-order valence-corrected chi connectivity index (χ3v) is 6.83. The van der Waals surface area contributed by atoms with Crippen molar-refractivity contribution in [2.24, 2.45) is 11.5 Å². The number of carbonyl (C=O) groups is 2. The van der Waals surface area contributed by atoms with Crippen molar-refractivity contribution in [1.82, 2.24) is 30.2 Å². The number of nitrogens with one attached hydrogen (secondary N) is 2. The zero-order valence-electron chi connectivity index (χ0n) is 21.6. The van der Waals surface area contributed by atoms with Crippen LogP contribution in [-0.2, 0) is 14.3 Å². The molecule has 0 amide bonds. The molecule has 39 heavy (non-hydrogen) atoms. The molecule has 0 saturated carbocycles. The predicted molar refractivity (Wildman–Crippen MR) is 139 cm³/mol. The molecule has 2 aromatic rings. The maximum Gasteiger partial charge on any atom is 0.320 e. The number of nitrogen functional groups attached to an aromatic ring is 1. The Kier molecular flexibility index (Phi) is 11.3. The molecule has 1 aliphatic heterocycles. The van der Waals surface area contributed by atoms with E-state index < -0.39 is 48.6 Å². The molecule has 0 unspecified atom stereocenters. The van der Waals surface area contributed by atoms with Crippen molar-refractivity contribution < 1.29 is 34.8 Å². The van der Waals surface area contributed by atoms with Crippen LogP contribution < -0.4 is 27.8 Å². The van der Waals surface area contributed by atoms with Gasteiger partial charge in [0.2, 0.25) is 0 Å². The highest BCUT2D eigenvalue weighted by Crippen LogP contribution is 2.34. The maximum absolute atomic E-state index is 11.2. The highest BCUT2D eigenvalue weighted by molar-refractivity contribution is 5.81. The molecule has 12 N–H and O–H groups in total.